The minimum absolute atomic E-state index is 0.108. The molecule has 0 aromatic heterocycles. The van der Waals surface area contributed by atoms with Gasteiger partial charge < -0.3 is 16.4 Å². The van der Waals surface area contributed by atoms with Crippen LogP contribution in [0.2, 0.25) is 0 Å². The molecule has 4 N–H and O–H groups in total. The quantitative estimate of drug-likeness (QED) is 0.825. The van der Waals surface area contributed by atoms with Crippen LogP contribution in [0.15, 0.2) is 30.3 Å². The van der Waals surface area contributed by atoms with Gasteiger partial charge in [0, 0.05) is 25.7 Å². The summed E-state index contributed by atoms with van der Waals surface area (Å²) >= 11 is 0. The molecule has 0 saturated carbocycles. The Bertz CT molecular complexity index is 393. The van der Waals surface area contributed by atoms with E-state index in [4.69, 9.17) is 11.5 Å². The standard InChI is InChI=1S/C14H21N3O/c15-9-13(11-5-2-1-3-6-11)14(18)17-8-4-7-12(16)10-17/h1-3,5-6,12-13H,4,7-10,15-16H2/t12-,13-/m0/s1. The van der Waals surface area contributed by atoms with Crippen molar-refractivity contribution in [2.75, 3.05) is 19.6 Å². The molecule has 4 nitrogen and oxygen atoms in total. The van der Waals surface area contributed by atoms with Gasteiger partial charge in [-0.2, -0.15) is 0 Å². The van der Waals surface area contributed by atoms with Gasteiger partial charge in [-0.05, 0) is 18.4 Å². The minimum atomic E-state index is -0.239. The summed E-state index contributed by atoms with van der Waals surface area (Å²) in [5.74, 6) is -0.129. The topological polar surface area (TPSA) is 72.4 Å². The number of benzene rings is 1. The Labute approximate surface area is 108 Å². The molecule has 0 aliphatic carbocycles. The van der Waals surface area contributed by atoms with Gasteiger partial charge in [0.1, 0.15) is 0 Å². The SMILES string of the molecule is NC[C@H](C(=O)N1CCC[C@H](N)C1)c1ccccc1. The lowest BCUT2D eigenvalue weighted by Gasteiger charge is -2.33. The largest absolute Gasteiger partial charge is 0.341 e. The van der Waals surface area contributed by atoms with Gasteiger partial charge in [-0.15, -0.1) is 0 Å². The minimum Gasteiger partial charge on any atom is -0.341 e. The summed E-state index contributed by atoms with van der Waals surface area (Å²) in [6.07, 6.45) is 1.99. The van der Waals surface area contributed by atoms with Crippen molar-refractivity contribution in [2.24, 2.45) is 11.5 Å². The van der Waals surface area contributed by atoms with Crippen LogP contribution in [0.3, 0.4) is 0 Å². The summed E-state index contributed by atoms with van der Waals surface area (Å²) in [5.41, 5.74) is 12.7. The van der Waals surface area contributed by atoms with E-state index in [1.54, 1.807) is 0 Å². The average Bonchev–Trinajstić information content (AvgIpc) is 2.41. The smallest absolute Gasteiger partial charge is 0.231 e. The third-order valence-corrected chi connectivity index (χ3v) is 3.51. The zero-order valence-corrected chi connectivity index (χ0v) is 10.6. The molecule has 1 fully saturated rings. The predicted octanol–water partition coefficient (Wildman–Crippen LogP) is 0.679. The highest BCUT2D eigenvalue weighted by atomic mass is 16.2. The molecule has 1 aromatic rings. The highest BCUT2D eigenvalue weighted by Crippen LogP contribution is 2.19. The Morgan fingerprint density at radius 1 is 1.39 bits per heavy atom. The van der Waals surface area contributed by atoms with E-state index in [1.807, 2.05) is 35.2 Å². The van der Waals surface area contributed by atoms with Crippen molar-refractivity contribution >= 4 is 5.91 Å². The zero-order chi connectivity index (χ0) is 13.0. The Balaban J connectivity index is 2.10. The second kappa shape index (κ2) is 5.98. The maximum atomic E-state index is 12.5. The molecule has 0 spiro atoms. The summed E-state index contributed by atoms with van der Waals surface area (Å²) in [5, 5.41) is 0. The molecule has 1 amide bonds. The molecule has 2 rings (SSSR count). The van der Waals surface area contributed by atoms with Gasteiger partial charge in [-0.3, -0.25) is 4.79 Å². The van der Waals surface area contributed by atoms with Crippen molar-refractivity contribution in [2.45, 2.75) is 24.8 Å². The molecule has 1 heterocycles. The van der Waals surface area contributed by atoms with Crippen LogP contribution in [0.4, 0.5) is 0 Å². The number of amides is 1. The van der Waals surface area contributed by atoms with E-state index in [-0.39, 0.29) is 17.9 Å². The van der Waals surface area contributed by atoms with E-state index in [2.05, 4.69) is 0 Å². The molecular weight excluding hydrogens is 226 g/mol. The Kier molecular flexibility index (Phi) is 4.33. The number of carbonyl (C=O) groups is 1. The number of hydrogen-bond donors (Lipinski definition) is 2. The first-order valence-electron chi connectivity index (χ1n) is 6.51. The van der Waals surface area contributed by atoms with Crippen LogP contribution in [-0.2, 0) is 4.79 Å². The Hall–Kier alpha value is -1.39. The number of piperidine rings is 1. The van der Waals surface area contributed by atoms with Gasteiger partial charge in [0.05, 0.1) is 5.92 Å². The van der Waals surface area contributed by atoms with Crippen molar-refractivity contribution < 1.29 is 4.79 Å². The second-order valence-electron chi connectivity index (χ2n) is 4.89. The van der Waals surface area contributed by atoms with Crippen LogP contribution in [0.5, 0.6) is 0 Å². The number of nitrogens with zero attached hydrogens (tertiary/aromatic N) is 1. The van der Waals surface area contributed by atoms with Crippen LogP contribution < -0.4 is 11.5 Å². The molecule has 1 aliphatic heterocycles. The lowest BCUT2D eigenvalue weighted by atomic mass is 9.96. The van der Waals surface area contributed by atoms with E-state index in [0.717, 1.165) is 24.9 Å². The zero-order valence-electron chi connectivity index (χ0n) is 10.6. The average molecular weight is 247 g/mol. The van der Waals surface area contributed by atoms with Crippen LogP contribution in [-0.4, -0.2) is 36.5 Å². The Morgan fingerprint density at radius 2 is 2.11 bits per heavy atom. The number of rotatable bonds is 3. The summed E-state index contributed by atoms with van der Waals surface area (Å²) < 4.78 is 0. The number of likely N-dealkylation sites (tertiary alicyclic amines) is 1. The molecule has 0 radical (unpaired) electrons. The van der Waals surface area contributed by atoms with Crippen molar-refractivity contribution in [1.82, 2.24) is 4.90 Å². The highest BCUT2D eigenvalue weighted by Gasteiger charge is 2.27. The second-order valence-corrected chi connectivity index (χ2v) is 4.89. The van der Waals surface area contributed by atoms with E-state index in [0.29, 0.717) is 13.1 Å². The third-order valence-electron chi connectivity index (χ3n) is 3.51. The molecule has 1 saturated heterocycles. The highest BCUT2D eigenvalue weighted by molar-refractivity contribution is 5.84. The molecular formula is C14H21N3O. The number of nitrogens with two attached hydrogens (primary N) is 2. The fourth-order valence-corrected chi connectivity index (χ4v) is 2.50. The van der Waals surface area contributed by atoms with E-state index >= 15 is 0 Å². The van der Waals surface area contributed by atoms with Gasteiger partial charge in [0.2, 0.25) is 5.91 Å². The summed E-state index contributed by atoms with van der Waals surface area (Å²) in [4.78, 5) is 14.3. The fraction of sp³-hybridized carbons (Fsp3) is 0.500. The Morgan fingerprint density at radius 3 is 2.72 bits per heavy atom. The van der Waals surface area contributed by atoms with Crippen molar-refractivity contribution in [3.05, 3.63) is 35.9 Å². The molecule has 98 valence electrons. The molecule has 0 unspecified atom stereocenters. The summed E-state index contributed by atoms with van der Waals surface area (Å²) in [6, 6.07) is 9.84. The number of hydrogen-bond acceptors (Lipinski definition) is 3. The molecule has 18 heavy (non-hydrogen) atoms. The first-order valence-corrected chi connectivity index (χ1v) is 6.51. The summed E-state index contributed by atoms with van der Waals surface area (Å²) in [7, 11) is 0. The third kappa shape index (κ3) is 2.89. The maximum absolute atomic E-state index is 12.5. The monoisotopic (exact) mass is 247 g/mol. The molecule has 2 atom stereocenters. The number of carbonyl (C=O) groups excluding carboxylic acids is 1. The molecule has 1 aromatic carbocycles. The molecule has 1 aliphatic rings. The van der Waals surface area contributed by atoms with Gasteiger partial charge in [0.25, 0.3) is 0 Å². The van der Waals surface area contributed by atoms with Crippen LogP contribution >= 0.6 is 0 Å². The van der Waals surface area contributed by atoms with Crippen LogP contribution in [0, 0.1) is 0 Å². The van der Waals surface area contributed by atoms with Crippen molar-refractivity contribution in [1.29, 1.82) is 0 Å². The molecule has 4 heteroatoms. The van der Waals surface area contributed by atoms with E-state index < -0.39 is 0 Å². The molecule has 0 bridgehead atoms. The summed E-state index contributed by atoms with van der Waals surface area (Å²) in [6.45, 7) is 1.80. The normalized spacial score (nSPS) is 21.7. The van der Waals surface area contributed by atoms with Crippen LogP contribution in [0.25, 0.3) is 0 Å². The van der Waals surface area contributed by atoms with Crippen LogP contribution in [0.1, 0.15) is 24.3 Å². The van der Waals surface area contributed by atoms with Gasteiger partial charge in [-0.25, -0.2) is 0 Å². The van der Waals surface area contributed by atoms with Crippen molar-refractivity contribution in [3.63, 3.8) is 0 Å². The first kappa shape index (κ1) is 13.1. The van der Waals surface area contributed by atoms with E-state index in [1.165, 1.54) is 0 Å². The fourth-order valence-electron chi connectivity index (χ4n) is 2.50. The lowest BCUT2D eigenvalue weighted by Crippen LogP contribution is -2.48. The van der Waals surface area contributed by atoms with E-state index in [9.17, 15) is 4.79 Å². The predicted molar refractivity (Wildman–Crippen MR) is 72.0 cm³/mol. The van der Waals surface area contributed by atoms with Gasteiger partial charge >= 0.3 is 0 Å². The maximum Gasteiger partial charge on any atom is 0.231 e. The van der Waals surface area contributed by atoms with Gasteiger partial charge in [0.15, 0.2) is 0 Å². The van der Waals surface area contributed by atoms with Crippen molar-refractivity contribution in [3.8, 4) is 0 Å². The van der Waals surface area contributed by atoms with Gasteiger partial charge in [-0.1, -0.05) is 30.3 Å². The lowest BCUT2D eigenvalue weighted by molar-refractivity contribution is -0.133. The first-order chi connectivity index (χ1) is 8.72.